The number of piperazine rings is 1. The van der Waals surface area contributed by atoms with E-state index < -0.39 is 0 Å². The summed E-state index contributed by atoms with van der Waals surface area (Å²) in [6, 6.07) is 4.52. The van der Waals surface area contributed by atoms with Gasteiger partial charge in [0.1, 0.15) is 5.82 Å². The van der Waals surface area contributed by atoms with E-state index in [-0.39, 0.29) is 11.9 Å². The number of aromatic nitrogens is 4. The van der Waals surface area contributed by atoms with Gasteiger partial charge >= 0.3 is 0 Å². The van der Waals surface area contributed by atoms with Crippen molar-refractivity contribution in [1.82, 2.24) is 24.6 Å². The predicted molar refractivity (Wildman–Crippen MR) is 94.0 cm³/mol. The van der Waals surface area contributed by atoms with E-state index in [4.69, 9.17) is 11.5 Å². The van der Waals surface area contributed by atoms with Crippen LogP contribution < -0.4 is 16.4 Å². The van der Waals surface area contributed by atoms with Gasteiger partial charge in [0.15, 0.2) is 0 Å². The van der Waals surface area contributed by atoms with Gasteiger partial charge in [0.2, 0.25) is 11.9 Å². The second kappa shape index (κ2) is 5.94. The molecule has 4 N–H and O–H groups in total. The average molecular weight is 328 g/mol. The first kappa shape index (κ1) is 15.2. The monoisotopic (exact) mass is 328 g/mol. The Morgan fingerprint density at radius 2 is 2.04 bits per heavy atom. The van der Waals surface area contributed by atoms with Crippen LogP contribution in [0.25, 0.3) is 5.69 Å². The summed E-state index contributed by atoms with van der Waals surface area (Å²) in [6.07, 6.45) is 4.58. The Morgan fingerprint density at radius 3 is 2.62 bits per heavy atom. The molecule has 1 saturated heterocycles. The zero-order valence-corrected chi connectivity index (χ0v) is 14.0. The van der Waals surface area contributed by atoms with Crippen LogP contribution in [0.15, 0.2) is 18.3 Å². The lowest BCUT2D eigenvalue weighted by molar-refractivity contribution is 0.181. The van der Waals surface area contributed by atoms with Crippen molar-refractivity contribution in [2.45, 2.75) is 25.8 Å². The summed E-state index contributed by atoms with van der Waals surface area (Å²) in [5.74, 6) is 2.36. The fourth-order valence-corrected chi connectivity index (χ4v) is 3.33. The number of hydrogen-bond acceptors (Lipinski definition) is 7. The van der Waals surface area contributed by atoms with Gasteiger partial charge in [0.05, 0.1) is 11.9 Å². The molecular weight excluding hydrogens is 304 g/mol. The van der Waals surface area contributed by atoms with Crippen LogP contribution in [0, 0.1) is 5.92 Å². The predicted octanol–water partition coefficient (Wildman–Crippen LogP) is 0.747. The SMILES string of the molecule is C[C@H]1CN(c2ccc(-n3nc(N)nc3N)cn2)CCN1CC1CC1. The highest BCUT2D eigenvalue weighted by Gasteiger charge is 2.30. The first-order valence-electron chi connectivity index (χ1n) is 8.53. The topological polar surface area (TPSA) is 102 Å². The Kier molecular flexibility index (Phi) is 3.76. The molecule has 8 heteroatoms. The van der Waals surface area contributed by atoms with Gasteiger partial charge in [-0.1, -0.05) is 0 Å². The molecule has 24 heavy (non-hydrogen) atoms. The molecule has 1 aliphatic carbocycles. The third-order valence-electron chi connectivity index (χ3n) is 4.90. The molecule has 0 aromatic carbocycles. The summed E-state index contributed by atoms with van der Waals surface area (Å²) < 4.78 is 1.50. The maximum atomic E-state index is 5.80. The van der Waals surface area contributed by atoms with Gasteiger partial charge in [-0.15, -0.1) is 5.10 Å². The lowest BCUT2D eigenvalue weighted by atomic mass is 10.1. The molecule has 3 heterocycles. The number of pyridine rings is 1. The maximum absolute atomic E-state index is 5.80. The van der Waals surface area contributed by atoms with E-state index in [1.54, 1.807) is 6.20 Å². The van der Waals surface area contributed by atoms with E-state index in [9.17, 15) is 0 Å². The molecule has 0 amide bonds. The van der Waals surface area contributed by atoms with Crippen molar-refractivity contribution >= 4 is 17.7 Å². The molecule has 1 saturated carbocycles. The van der Waals surface area contributed by atoms with E-state index in [2.05, 4.69) is 31.8 Å². The van der Waals surface area contributed by atoms with Crippen LogP contribution in [-0.4, -0.2) is 56.9 Å². The standard InChI is InChI=1S/C16H24N8/c1-11-9-23(7-6-22(11)10-12-2-3-12)14-5-4-13(8-19-14)24-16(18)20-15(17)21-24/h4-5,8,11-12H,2-3,6-7,9-10H2,1H3,(H4,17,18,20,21)/t11-/m0/s1. The fraction of sp³-hybridized carbons (Fsp3) is 0.562. The van der Waals surface area contributed by atoms with E-state index in [1.807, 2.05) is 12.1 Å². The third kappa shape index (κ3) is 3.01. The minimum Gasteiger partial charge on any atom is -0.368 e. The number of nitrogens with zero attached hydrogens (tertiary/aromatic N) is 6. The van der Waals surface area contributed by atoms with Gasteiger partial charge in [0, 0.05) is 32.2 Å². The van der Waals surface area contributed by atoms with Gasteiger partial charge in [-0.2, -0.15) is 9.67 Å². The van der Waals surface area contributed by atoms with Crippen molar-refractivity contribution in [3.05, 3.63) is 18.3 Å². The second-order valence-corrected chi connectivity index (χ2v) is 6.85. The number of hydrogen-bond donors (Lipinski definition) is 2. The largest absolute Gasteiger partial charge is 0.368 e. The highest BCUT2D eigenvalue weighted by molar-refractivity contribution is 5.46. The van der Waals surface area contributed by atoms with Crippen molar-refractivity contribution in [3.63, 3.8) is 0 Å². The molecule has 2 aromatic heterocycles. The van der Waals surface area contributed by atoms with Crippen molar-refractivity contribution < 1.29 is 0 Å². The Morgan fingerprint density at radius 1 is 1.21 bits per heavy atom. The van der Waals surface area contributed by atoms with Crippen molar-refractivity contribution in [1.29, 1.82) is 0 Å². The van der Waals surface area contributed by atoms with Crippen molar-refractivity contribution in [3.8, 4) is 5.69 Å². The Labute approximate surface area is 141 Å². The Balaban J connectivity index is 1.44. The smallest absolute Gasteiger partial charge is 0.241 e. The lowest BCUT2D eigenvalue weighted by Crippen LogP contribution is -2.52. The third-order valence-corrected chi connectivity index (χ3v) is 4.90. The molecule has 0 bridgehead atoms. The number of anilines is 3. The molecule has 0 unspecified atom stereocenters. The van der Waals surface area contributed by atoms with Crippen LogP contribution in [0.5, 0.6) is 0 Å². The van der Waals surface area contributed by atoms with Crippen molar-refractivity contribution in [2.75, 3.05) is 42.5 Å². The molecule has 2 fully saturated rings. The van der Waals surface area contributed by atoms with Gasteiger partial charge < -0.3 is 16.4 Å². The summed E-state index contributed by atoms with van der Waals surface area (Å²) in [4.78, 5) is 13.5. The molecule has 8 nitrogen and oxygen atoms in total. The quantitative estimate of drug-likeness (QED) is 0.853. The molecule has 1 aliphatic heterocycles. The molecule has 0 radical (unpaired) electrons. The lowest BCUT2D eigenvalue weighted by Gasteiger charge is -2.40. The molecule has 128 valence electrons. The van der Waals surface area contributed by atoms with Crippen LogP contribution in [0.3, 0.4) is 0 Å². The van der Waals surface area contributed by atoms with Crippen LogP contribution in [0.1, 0.15) is 19.8 Å². The highest BCUT2D eigenvalue weighted by atomic mass is 15.4. The Hall–Kier alpha value is -2.35. The number of nitrogens with two attached hydrogens (primary N) is 2. The Bertz CT molecular complexity index is 705. The van der Waals surface area contributed by atoms with Crippen LogP contribution in [0.4, 0.5) is 17.7 Å². The van der Waals surface area contributed by atoms with E-state index >= 15 is 0 Å². The molecule has 0 spiro atoms. The average Bonchev–Trinajstić information content (AvgIpc) is 3.32. The van der Waals surface area contributed by atoms with Crippen LogP contribution >= 0.6 is 0 Å². The van der Waals surface area contributed by atoms with Gasteiger partial charge in [0.25, 0.3) is 0 Å². The summed E-state index contributed by atoms with van der Waals surface area (Å²) in [5.41, 5.74) is 12.1. The summed E-state index contributed by atoms with van der Waals surface area (Å²) in [7, 11) is 0. The minimum absolute atomic E-state index is 0.164. The first-order valence-corrected chi connectivity index (χ1v) is 8.53. The zero-order valence-electron chi connectivity index (χ0n) is 14.0. The molecule has 2 aromatic rings. The van der Waals surface area contributed by atoms with Crippen LogP contribution in [-0.2, 0) is 0 Å². The van der Waals surface area contributed by atoms with E-state index in [0.29, 0.717) is 6.04 Å². The number of nitrogen functional groups attached to an aromatic ring is 2. The summed E-state index contributed by atoms with van der Waals surface area (Å²) >= 11 is 0. The molecule has 2 aliphatic rings. The van der Waals surface area contributed by atoms with Gasteiger partial charge in [-0.3, -0.25) is 4.90 Å². The van der Waals surface area contributed by atoms with Gasteiger partial charge in [-0.05, 0) is 37.8 Å². The number of rotatable bonds is 4. The van der Waals surface area contributed by atoms with Crippen molar-refractivity contribution in [2.24, 2.45) is 5.92 Å². The van der Waals surface area contributed by atoms with E-state index in [1.165, 1.54) is 24.1 Å². The maximum Gasteiger partial charge on any atom is 0.241 e. The minimum atomic E-state index is 0.164. The zero-order chi connectivity index (χ0) is 16.7. The normalized spacial score (nSPS) is 22.0. The second-order valence-electron chi connectivity index (χ2n) is 6.85. The summed E-state index contributed by atoms with van der Waals surface area (Å²) in [5, 5.41) is 4.08. The first-order chi connectivity index (χ1) is 11.6. The molecule has 4 rings (SSSR count). The van der Waals surface area contributed by atoms with E-state index in [0.717, 1.165) is 37.1 Å². The molecule has 1 atom stereocenters. The summed E-state index contributed by atoms with van der Waals surface area (Å²) in [6.45, 7) is 6.70. The van der Waals surface area contributed by atoms with Gasteiger partial charge in [-0.25, -0.2) is 4.98 Å². The molecular formula is C16H24N8. The fourth-order valence-electron chi connectivity index (χ4n) is 3.33. The highest BCUT2D eigenvalue weighted by Crippen LogP contribution is 2.31. The van der Waals surface area contributed by atoms with Crippen LogP contribution in [0.2, 0.25) is 0 Å².